The first-order valence-corrected chi connectivity index (χ1v) is 11.0. The van der Waals surface area contributed by atoms with Gasteiger partial charge < -0.3 is 10.1 Å². The van der Waals surface area contributed by atoms with Gasteiger partial charge in [0, 0.05) is 29.4 Å². The molecular weight excluding hydrogens is 440 g/mol. The van der Waals surface area contributed by atoms with E-state index < -0.39 is 27.6 Å². The predicted octanol–water partition coefficient (Wildman–Crippen LogP) is 3.18. The minimum Gasteiger partial charge on any atom is -0.467 e. The van der Waals surface area contributed by atoms with Crippen LogP contribution in [0.2, 0.25) is 0 Å². The van der Waals surface area contributed by atoms with Crippen LogP contribution in [0.1, 0.15) is 29.5 Å². The van der Waals surface area contributed by atoms with Gasteiger partial charge in [0.2, 0.25) is 5.96 Å². The molecule has 0 saturated carbocycles. The fraction of sp³-hybridized carbons (Fsp3) is 0.190. The number of fused-ring (bicyclic) bond motifs is 1. The van der Waals surface area contributed by atoms with Crippen molar-refractivity contribution in [2.75, 3.05) is 12.4 Å². The van der Waals surface area contributed by atoms with Gasteiger partial charge in [-0.2, -0.15) is 0 Å². The highest BCUT2D eigenvalue weighted by atomic mass is 32.2. The van der Waals surface area contributed by atoms with Gasteiger partial charge in [0.1, 0.15) is 16.5 Å². The van der Waals surface area contributed by atoms with Crippen LogP contribution in [-0.2, 0) is 16.6 Å². The Labute approximate surface area is 183 Å². The van der Waals surface area contributed by atoms with Crippen LogP contribution in [0.25, 0.3) is 0 Å². The fourth-order valence-corrected chi connectivity index (χ4v) is 4.59. The number of sulfonamides is 1. The summed E-state index contributed by atoms with van der Waals surface area (Å²) in [5.41, 5.74) is 0.887. The molecule has 4 rings (SSSR count). The zero-order chi connectivity index (χ0) is 22.9. The average molecular weight is 459 g/mol. The first kappa shape index (κ1) is 21.6. The van der Waals surface area contributed by atoms with Crippen LogP contribution in [0.3, 0.4) is 0 Å². The molecule has 3 aromatic rings. The fourth-order valence-electron chi connectivity index (χ4n) is 3.43. The number of anilines is 1. The predicted molar refractivity (Wildman–Crippen MR) is 114 cm³/mol. The standard InChI is InChI=1S/C21H19F2N5O3S/c1-12(14-5-3-4-6-15(14)22)18-16(23)7-8-17-19(18)27-20(28-32(17,29)30)24-9-13-10-25-21(31-2)26-11-13/h3-8,10-12H,9H2,1-2H3,(H2,24,27,28). The van der Waals surface area contributed by atoms with E-state index in [2.05, 4.69) is 25.0 Å². The topological polar surface area (TPSA) is 106 Å². The van der Waals surface area contributed by atoms with Crippen LogP contribution in [0, 0.1) is 11.6 Å². The molecule has 0 fully saturated rings. The molecule has 166 valence electrons. The van der Waals surface area contributed by atoms with Gasteiger partial charge in [0.05, 0.1) is 19.3 Å². The molecular formula is C21H19F2N5O3S. The van der Waals surface area contributed by atoms with Crippen LogP contribution < -0.4 is 14.8 Å². The van der Waals surface area contributed by atoms with Crippen LogP contribution in [-0.4, -0.2) is 31.5 Å². The number of ether oxygens (including phenoxy) is 1. The van der Waals surface area contributed by atoms with Crippen LogP contribution >= 0.6 is 0 Å². The quantitative estimate of drug-likeness (QED) is 0.607. The molecule has 0 spiro atoms. The summed E-state index contributed by atoms with van der Waals surface area (Å²) in [7, 11) is -2.59. The van der Waals surface area contributed by atoms with E-state index in [-0.39, 0.29) is 40.2 Å². The summed E-state index contributed by atoms with van der Waals surface area (Å²) in [5, 5.41) is 2.86. The molecule has 2 heterocycles. The van der Waals surface area contributed by atoms with Crippen molar-refractivity contribution in [1.29, 1.82) is 0 Å². The summed E-state index contributed by atoms with van der Waals surface area (Å²) < 4.78 is 62.1. The zero-order valence-electron chi connectivity index (χ0n) is 17.1. The number of nitrogens with one attached hydrogen (secondary N) is 2. The normalized spacial score (nSPS) is 16.6. The Morgan fingerprint density at radius 3 is 2.50 bits per heavy atom. The van der Waals surface area contributed by atoms with E-state index in [1.165, 1.54) is 37.7 Å². The minimum atomic E-state index is -4.03. The molecule has 1 aromatic heterocycles. The number of methoxy groups -OCH3 is 1. The average Bonchev–Trinajstić information content (AvgIpc) is 2.77. The number of hydrogen-bond donors (Lipinski definition) is 2. The van der Waals surface area contributed by atoms with Crippen molar-refractivity contribution in [1.82, 2.24) is 14.7 Å². The van der Waals surface area contributed by atoms with Gasteiger partial charge in [-0.3, -0.25) is 0 Å². The number of hydrogen-bond acceptors (Lipinski definition) is 6. The van der Waals surface area contributed by atoms with E-state index in [1.807, 2.05) is 0 Å². The molecule has 11 heteroatoms. The zero-order valence-corrected chi connectivity index (χ0v) is 18.0. The molecule has 1 aliphatic heterocycles. The van der Waals surface area contributed by atoms with Crippen molar-refractivity contribution in [3.8, 4) is 6.01 Å². The van der Waals surface area contributed by atoms with E-state index in [0.29, 0.717) is 5.56 Å². The molecule has 0 aliphatic carbocycles. The lowest BCUT2D eigenvalue weighted by molar-refractivity contribution is 0.379. The second kappa shape index (κ2) is 8.50. The molecule has 2 N–H and O–H groups in total. The summed E-state index contributed by atoms with van der Waals surface area (Å²) in [5.74, 6) is -2.03. The van der Waals surface area contributed by atoms with E-state index in [4.69, 9.17) is 4.74 Å². The lowest BCUT2D eigenvalue weighted by Gasteiger charge is -2.26. The Hall–Kier alpha value is -3.60. The van der Waals surface area contributed by atoms with Crippen LogP contribution in [0.4, 0.5) is 14.5 Å². The minimum absolute atomic E-state index is 0.0178. The molecule has 1 aliphatic rings. The summed E-state index contributed by atoms with van der Waals surface area (Å²) >= 11 is 0. The van der Waals surface area contributed by atoms with E-state index >= 15 is 0 Å². The maximum Gasteiger partial charge on any atom is 0.316 e. The number of halogens is 2. The van der Waals surface area contributed by atoms with Gasteiger partial charge in [-0.15, -0.1) is 0 Å². The lowest BCUT2D eigenvalue weighted by atomic mass is 9.91. The van der Waals surface area contributed by atoms with E-state index in [1.54, 1.807) is 13.0 Å². The molecule has 1 unspecified atom stereocenters. The Morgan fingerprint density at radius 1 is 1.09 bits per heavy atom. The Kier molecular flexibility index (Phi) is 5.74. The number of nitrogens with zero attached hydrogens (tertiary/aromatic N) is 3. The van der Waals surface area contributed by atoms with Crippen LogP contribution in [0.5, 0.6) is 6.01 Å². The van der Waals surface area contributed by atoms with Gasteiger partial charge in [-0.1, -0.05) is 25.1 Å². The van der Waals surface area contributed by atoms with Gasteiger partial charge in [0.25, 0.3) is 10.0 Å². The third kappa shape index (κ3) is 4.11. The Morgan fingerprint density at radius 2 is 1.81 bits per heavy atom. The van der Waals surface area contributed by atoms with Crippen molar-refractivity contribution < 1.29 is 21.9 Å². The summed E-state index contributed by atoms with van der Waals surface area (Å²) in [6.07, 6.45) is 2.99. The first-order chi connectivity index (χ1) is 15.3. The van der Waals surface area contributed by atoms with Crippen LogP contribution in [0.15, 0.2) is 58.7 Å². The molecule has 8 nitrogen and oxygen atoms in total. The highest BCUT2D eigenvalue weighted by Gasteiger charge is 2.32. The molecule has 0 bridgehead atoms. The third-order valence-corrected chi connectivity index (χ3v) is 6.39. The smallest absolute Gasteiger partial charge is 0.316 e. The third-order valence-electron chi connectivity index (χ3n) is 5.01. The second-order valence-electron chi connectivity index (χ2n) is 7.05. The maximum absolute atomic E-state index is 14.9. The monoisotopic (exact) mass is 459 g/mol. The molecule has 1 atom stereocenters. The number of benzene rings is 2. The van der Waals surface area contributed by atoms with Crippen molar-refractivity contribution in [3.63, 3.8) is 0 Å². The SMILES string of the molecule is COc1ncc(CN=C2Nc3c(ccc(F)c3C(C)c3ccccc3F)S(=O)(=O)N2)cn1. The second-order valence-corrected chi connectivity index (χ2v) is 8.70. The number of aliphatic imine (C=N–C) groups is 1. The number of aromatic nitrogens is 2. The van der Waals surface area contributed by atoms with Crippen molar-refractivity contribution in [2.24, 2.45) is 4.99 Å². The molecule has 2 aromatic carbocycles. The van der Waals surface area contributed by atoms with Gasteiger partial charge >= 0.3 is 6.01 Å². The molecule has 0 radical (unpaired) electrons. The molecule has 0 amide bonds. The number of rotatable bonds is 5. The van der Waals surface area contributed by atoms with E-state index in [9.17, 15) is 17.2 Å². The Bertz CT molecular complexity index is 1300. The van der Waals surface area contributed by atoms with Gasteiger partial charge in [0.15, 0.2) is 0 Å². The van der Waals surface area contributed by atoms with E-state index in [0.717, 1.165) is 12.1 Å². The maximum atomic E-state index is 14.9. The lowest BCUT2D eigenvalue weighted by Crippen LogP contribution is -2.41. The molecule has 0 saturated heterocycles. The van der Waals surface area contributed by atoms with Crippen molar-refractivity contribution >= 4 is 21.7 Å². The van der Waals surface area contributed by atoms with Gasteiger partial charge in [-0.25, -0.2) is 36.9 Å². The molecule has 32 heavy (non-hydrogen) atoms. The highest BCUT2D eigenvalue weighted by molar-refractivity contribution is 7.90. The summed E-state index contributed by atoms with van der Waals surface area (Å²) in [6.45, 7) is 1.66. The highest BCUT2D eigenvalue weighted by Crippen LogP contribution is 2.38. The van der Waals surface area contributed by atoms with Crippen molar-refractivity contribution in [3.05, 3.63) is 77.1 Å². The van der Waals surface area contributed by atoms with Gasteiger partial charge in [-0.05, 0) is 23.8 Å². The first-order valence-electron chi connectivity index (χ1n) is 9.56. The summed E-state index contributed by atoms with van der Waals surface area (Å²) in [6, 6.07) is 8.38. The summed E-state index contributed by atoms with van der Waals surface area (Å²) in [4.78, 5) is 12.0. The van der Waals surface area contributed by atoms with Crippen molar-refractivity contribution in [2.45, 2.75) is 24.3 Å². The number of guanidine groups is 1. The largest absolute Gasteiger partial charge is 0.467 e. The Balaban J connectivity index is 1.73.